The predicted octanol–water partition coefficient (Wildman–Crippen LogP) is 2.94. The van der Waals surface area contributed by atoms with Gasteiger partial charge in [0.1, 0.15) is 5.82 Å². The molecule has 0 saturated carbocycles. The molecular formula is C14H19FO3. The van der Waals surface area contributed by atoms with Crippen LogP contribution in [0.25, 0.3) is 0 Å². The first-order valence-electron chi connectivity index (χ1n) is 6.24. The molecule has 0 aliphatic heterocycles. The third-order valence-electron chi connectivity index (χ3n) is 2.97. The van der Waals surface area contributed by atoms with E-state index >= 15 is 0 Å². The molecule has 1 unspecified atom stereocenters. The first kappa shape index (κ1) is 14.6. The Morgan fingerprint density at radius 1 is 1.11 bits per heavy atom. The van der Waals surface area contributed by atoms with Gasteiger partial charge in [-0.2, -0.15) is 0 Å². The lowest BCUT2D eigenvalue weighted by molar-refractivity contribution is -0.139. The fourth-order valence-electron chi connectivity index (χ4n) is 1.94. The summed E-state index contributed by atoms with van der Waals surface area (Å²) in [7, 11) is 0. The number of carbonyl (C=O) groups is 1. The molecule has 4 heteroatoms. The fourth-order valence-corrected chi connectivity index (χ4v) is 1.94. The first-order valence-corrected chi connectivity index (χ1v) is 6.24. The molecule has 1 rings (SSSR count). The van der Waals surface area contributed by atoms with Crippen molar-refractivity contribution in [3.05, 3.63) is 35.6 Å². The summed E-state index contributed by atoms with van der Waals surface area (Å²) in [5.41, 5.74) is 0.644. The second-order valence-electron chi connectivity index (χ2n) is 4.37. The Morgan fingerprint density at radius 2 is 1.72 bits per heavy atom. The molecule has 3 nitrogen and oxygen atoms in total. The molecular weight excluding hydrogens is 235 g/mol. The van der Waals surface area contributed by atoms with Crippen molar-refractivity contribution in [2.75, 3.05) is 6.61 Å². The largest absolute Gasteiger partial charge is 0.481 e. The number of carboxylic acids is 1. The smallest absolute Gasteiger partial charge is 0.310 e. The molecule has 0 aliphatic carbocycles. The number of hydrogen-bond acceptors (Lipinski definition) is 2. The topological polar surface area (TPSA) is 57.5 Å². The number of halogens is 1. The Labute approximate surface area is 106 Å². The van der Waals surface area contributed by atoms with Crippen LogP contribution in [0.5, 0.6) is 0 Å². The number of rotatable bonds is 8. The number of hydrogen-bond donors (Lipinski definition) is 2. The van der Waals surface area contributed by atoms with Gasteiger partial charge in [0.15, 0.2) is 0 Å². The van der Waals surface area contributed by atoms with Crippen LogP contribution in [0.2, 0.25) is 0 Å². The van der Waals surface area contributed by atoms with E-state index in [-0.39, 0.29) is 12.4 Å². The molecule has 0 radical (unpaired) electrons. The van der Waals surface area contributed by atoms with Gasteiger partial charge in [0.2, 0.25) is 0 Å². The predicted molar refractivity (Wildman–Crippen MR) is 66.9 cm³/mol. The molecule has 1 atom stereocenters. The number of carboxylic acid groups (broad SMARTS) is 1. The van der Waals surface area contributed by atoms with E-state index < -0.39 is 11.9 Å². The molecule has 0 bridgehead atoms. The summed E-state index contributed by atoms with van der Waals surface area (Å²) in [4.78, 5) is 11.2. The van der Waals surface area contributed by atoms with Gasteiger partial charge in [-0.05, 0) is 30.5 Å². The summed E-state index contributed by atoms with van der Waals surface area (Å²) >= 11 is 0. The Balaban J connectivity index is 2.50. The van der Waals surface area contributed by atoms with E-state index in [9.17, 15) is 9.18 Å². The van der Waals surface area contributed by atoms with Gasteiger partial charge in [0.25, 0.3) is 0 Å². The van der Waals surface area contributed by atoms with Crippen molar-refractivity contribution in [2.24, 2.45) is 0 Å². The third-order valence-corrected chi connectivity index (χ3v) is 2.97. The molecule has 0 fully saturated rings. The highest BCUT2D eigenvalue weighted by atomic mass is 19.1. The molecule has 0 aromatic heterocycles. The minimum absolute atomic E-state index is 0.181. The van der Waals surface area contributed by atoms with Gasteiger partial charge >= 0.3 is 5.97 Å². The summed E-state index contributed by atoms with van der Waals surface area (Å²) in [6.07, 6.45) is 3.92. The maximum Gasteiger partial charge on any atom is 0.310 e. The van der Waals surface area contributed by atoms with Crippen molar-refractivity contribution in [3.63, 3.8) is 0 Å². The molecule has 0 aliphatic rings. The van der Waals surface area contributed by atoms with Crippen LogP contribution in [0.15, 0.2) is 24.3 Å². The van der Waals surface area contributed by atoms with Crippen LogP contribution in [-0.2, 0) is 4.79 Å². The summed E-state index contributed by atoms with van der Waals surface area (Å²) in [5, 5.41) is 17.8. The summed E-state index contributed by atoms with van der Waals surface area (Å²) in [6, 6.07) is 5.64. The summed E-state index contributed by atoms with van der Waals surface area (Å²) in [6.45, 7) is 0.181. The van der Waals surface area contributed by atoms with E-state index in [2.05, 4.69) is 0 Å². The Kier molecular flexibility index (Phi) is 6.36. The van der Waals surface area contributed by atoms with E-state index in [1.165, 1.54) is 24.3 Å². The average Bonchev–Trinajstić information content (AvgIpc) is 2.35. The van der Waals surface area contributed by atoms with Crippen LogP contribution >= 0.6 is 0 Å². The maximum absolute atomic E-state index is 12.8. The molecule has 18 heavy (non-hydrogen) atoms. The van der Waals surface area contributed by atoms with Crippen molar-refractivity contribution in [2.45, 2.75) is 38.0 Å². The lowest BCUT2D eigenvalue weighted by Gasteiger charge is -2.12. The maximum atomic E-state index is 12.8. The van der Waals surface area contributed by atoms with Gasteiger partial charge in [-0.1, -0.05) is 31.4 Å². The molecule has 1 aromatic carbocycles. The average molecular weight is 254 g/mol. The van der Waals surface area contributed by atoms with Crippen LogP contribution in [0.4, 0.5) is 4.39 Å². The van der Waals surface area contributed by atoms with E-state index in [1.807, 2.05) is 0 Å². The monoisotopic (exact) mass is 254 g/mol. The number of aliphatic hydroxyl groups excluding tert-OH is 1. The van der Waals surface area contributed by atoms with Crippen molar-refractivity contribution in [3.8, 4) is 0 Å². The zero-order chi connectivity index (χ0) is 13.4. The number of aliphatic hydroxyl groups is 1. The number of unbranched alkanes of at least 4 members (excludes halogenated alkanes) is 3. The highest BCUT2D eigenvalue weighted by Crippen LogP contribution is 2.23. The molecule has 0 heterocycles. The summed E-state index contributed by atoms with van der Waals surface area (Å²) in [5.74, 6) is -1.80. The molecule has 0 amide bonds. The highest BCUT2D eigenvalue weighted by molar-refractivity contribution is 5.75. The molecule has 2 N–H and O–H groups in total. The van der Waals surface area contributed by atoms with Gasteiger partial charge in [0, 0.05) is 6.61 Å². The van der Waals surface area contributed by atoms with Gasteiger partial charge in [0.05, 0.1) is 5.92 Å². The molecule has 1 aromatic rings. The Bertz CT molecular complexity index is 362. The summed E-state index contributed by atoms with van der Waals surface area (Å²) < 4.78 is 12.8. The van der Waals surface area contributed by atoms with E-state index in [4.69, 9.17) is 10.2 Å². The Hall–Kier alpha value is -1.42. The van der Waals surface area contributed by atoms with Crippen LogP contribution in [-0.4, -0.2) is 22.8 Å². The van der Waals surface area contributed by atoms with Crippen LogP contribution in [0.3, 0.4) is 0 Å². The van der Waals surface area contributed by atoms with E-state index in [0.29, 0.717) is 12.0 Å². The van der Waals surface area contributed by atoms with Gasteiger partial charge in [-0.3, -0.25) is 4.79 Å². The van der Waals surface area contributed by atoms with Crippen molar-refractivity contribution >= 4 is 5.97 Å². The lowest BCUT2D eigenvalue weighted by Crippen LogP contribution is -2.11. The minimum Gasteiger partial charge on any atom is -0.481 e. The molecule has 0 saturated heterocycles. The van der Waals surface area contributed by atoms with Gasteiger partial charge < -0.3 is 10.2 Å². The quantitative estimate of drug-likeness (QED) is 0.701. The third kappa shape index (κ3) is 4.84. The van der Waals surface area contributed by atoms with E-state index in [0.717, 1.165) is 25.7 Å². The van der Waals surface area contributed by atoms with Crippen molar-refractivity contribution < 1.29 is 19.4 Å². The van der Waals surface area contributed by atoms with Crippen molar-refractivity contribution in [1.29, 1.82) is 0 Å². The zero-order valence-electron chi connectivity index (χ0n) is 10.3. The van der Waals surface area contributed by atoms with Gasteiger partial charge in [-0.25, -0.2) is 4.39 Å². The minimum atomic E-state index is -0.872. The first-order chi connectivity index (χ1) is 8.65. The normalized spacial score (nSPS) is 12.3. The molecule has 0 spiro atoms. The van der Waals surface area contributed by atoms with Crippen LogP contribution < -0.4 is 0 Å². The standard InChI is InChI=1S/C14H19FO3/c15-12-8-6-11(7-9-12)13(14(17)18)5-3-1-2-4-10-16/h6-9,13,16H,1-5,10H2,(H,17,18). The van der Waals surface area contributed by atoms with Crippen LogP contribution in [0, 0.1) is 5.82 Å². The van der Waals surface area contributed by atoms with Crippen LogP contribution in [0.1, 0.15) is 43.6 Å². The SMILES string of the molecule is O=C(O)C(CCCCCCO)c1ccc(F)cc1. The zero-order valence-corrected chi connectivity index (χ0v) is 10.3. The highest BCUT2D eigenvalue weighted by Gasteiger charge is 2.19. The molecule has 100 valence electrons. The van der Waals surface area contributed by atoms with E-state index in [1.54, 1.807) is 0 Å². The number of aliphatic carboxylic acids is 1. The van der Waals surface area contributed by atoms with Gasteiger partial charge in [-0.15, -0.1) is 0 Å². The van der Waals surface area contributed by atoms with Crippen molar-refractivity contribution in [1.82, 2.24) is 0 Å². The lowest BCUT2D eigenvalue weighted by atomic mass is 9.93. The fraction of sp³-hybridized carbons (Fsp3) is 0.500. The second kappa shape index (κ2) is 7.82. The number of benzene rings is 1. The second-order valence-corrected chi connectivity index (χ2v) is 4.37. The Morgan fingerprint density at radius 3 is 2.28 bits per heavy atom.